The van der Waals surface area contributed by atoms with Crippen molar-refractivity contribution in [2.45, 2.75) is 13.3 Å². The van der Waals surface area contributed by atoms with Crippen molar-refractivity contribution >= 4 is 11.6 Å². The van der Waals surface area contributed by atoms with E-state index in [2.05, 4.69) is 15.2 Å². The maximum absolute atomic E-state index is 12.3. The third kappa shape index (κ3) is 3.99. The first-order valence-electron chi connectivity index (χ1n) is 5.96. The van der Waals surface area contributed by atoms with Crippen molar-refractivity contribution in [3.63, 3.8) is 0 Å². The Bertz CT molecular complexity index is 616. The Balaban J connectivity index is 2.12. The number of amides is 1. The van der Waals surface area contributed by atoms with Crippen molar-refractivity contribution in [1.82, 2.24) is 9.78 Å². The topological polar surface area (TPSA) is 65.4 Å². The van der Waals surface area contributed by atoms with Crippen LogP contribution in [0.15, 0.2) is 36.7 Å². The zero-order chi connectivity index (χ0) is 15.2. The van der Waals surface area contributed by atoms with Crippen LogP contribution in [0.25, 0.3) is 0 Å². The van der Waals surface area contributed by atoms with Crippen molar-refractivity contribution in [2.75, 3.05) is 12.4 Å². The van der Waals surface area contributed by atoms with Gasteiger partial charge in [0.2, 0.25) is 0 Å². The Hall–Kier alpha value is -2.48. The molecule has 0 unspecified atom stereocenters. The van der Waals surface area contributed by atoms with Crippen molar-refractivity contribution in [3.8, 4) is 5.75 Å². The molecule has 0 atom stereocenters. The minimum atomic E-state index is -3.00. The summed E-state index contributed by atoms with van der Waals surface area (Å²) >= 11 is 0. The molecule has 1 aromatic heterocycles. The molecule has 0 fully saturated rings. The number of rotatable bonds is 6. The summed E-state index contributed by atoms with van der Waals surface area (Å²) in [5.41, 5.74) is 0.432. The number of hydrogen-bond acceptors (Lipinski definition) is 4. The molecule has 112 valence electrons. The van der Waals surface area contributed by atoms with E-state index in [4.69, 9.17) is 4.74 Å². The van der Waals surface area contributed by atoms with Gasteiger partial charge in [-0.3, -0.25) is 4.79 Å². The lowest BCUT2D eigenvalue weighted by Gasteiger charge is -2.09. The Labute approximate surface area is 119 Å². The maximum atomic E-state index is 12.3. The summed E-state index contributed by atoms with van der Waals surface area (Å²) in [5.74, 6) is -0.752. The highest BCUT2D eigenvalue weighted by Gasteiger charge is 2.15. The van der Waals surface area contributed by atoms with Gasteiger partial charge >= 0.3 is 6.61 Å². The van der Waals surface area contributed by atoms with Crippen LogP contribution in [0.1, 0.15) is 10.4 Å². The van der Waals surface area contributed by atoms with Gasteiger partial charge in [-0.25, -0.2) is 4.68 Å². The largest absolute Gasteiger partial charge is 0.434 e. The molecule has 1 aromatic carbocycles. The van der Waals surface area contributed by atoms with Crippen LogP contribution in [0, 0.1) is 0 Å². The van der Waals surface area contributed by atoms with Crippen LogP contribution < -0.4 is 10.1 Å². The molecule has 1 heterocycles. The van der Waals surface area contributed by atoms with Crippen molar-refractivity contribution in [3.05, 3.63) is 42.2 Å². The average molecular weight is 297 g/mol. The highest BCUT2D eigenvalue weighted by Crippen LogP contribution is 2.21. The van der Waals surface area contributed by atoms with Crippen LogP contribution >= 0.6 is 0 Å². The molecule has 2 rings (SSSR count). The van der Waals surface area contributed by atoms with E-state index in [-0.39, 0.29) is 18.0 Å². The summed E-state index contributed by atoms with van der Waals surface area (Å²) < 4.78 is 35.3. The van der Waals surface area contributed by atoms with Gasteiger partial charge in [0.25, 0.3) is 5.91 Å². The molecule has 21 heavy (non-hydrogen) atoms. The molecule has 0 saturated carbocycles. The molecule has 0 spiro atoms. The number of benzene rings is 1. The van der Waals surface area contributed by atoms with E-state index < -0.39 is 12.5 Å². The van der Waals surface area contributed by atoms with Gasteiger partial charge in [-0.1, -0.05) is 12.1 Å². The molecule has 1 N–H and O–H groups in total. The minimum Gasteiger partial charge on any atom is -0.434 e. The van der Waals surface area contributed by atoms with E-state index in [1.54, 1.807) is 12.3 Å². The molecule has 0 radical (unpaired) electrons. The number of alkyl halides is 2. The summed E-state index contributed by atoms with van der Waals surface area (Å²) in [4.78, 5) is 12.1. The summed E-state index contributed by atoms with van der Waals surface area (Å²) in [7, 11) is 1.51. The zero-order valence-electron chi connectivity index (χ0n) is 11.1. The third-order valence-electron chi connectivity index (χ3n) is 2.50. The zero-order valence-corrected chi connectivity index (χ0v) is 11.1. The quantitative estimate of drug-likeness (QED) is 0.889. The lowest BCUT2D eigenvalue weighted by Crippen LogP contribution is -2.14. The van der Waals surface area contributed by atoms with E-state index in [1.165, 1.54) is 36.2 Å². The van der Waals surface area contributed by atoms with Gasteiger partial charge in [0, 0.05) is 7.11 Å². The van der Waals surface area contributed by atoms with Gasteiger partial charge in [-0.2, -0.15) is 13.9 Å². The van der Waals surface area contributed by atoms with Crippen LogP contribution in [-0.2, 0) is 11.5 Å². The van der Waals surface area contributed by atoms with Crippen LogP contribution in [-0.4, -0.2) is 29.4 Å². The van der Waals surface area contributed by atoms with Crippen LogP contribution in [0.2, 0.25) is 0 Å². The van der Waals surface area contributed by atoms with Crippen molar-refractivity contribution in [1.29, 1.82) is 0 Å². The number of hydrogen-bond donors (Lipinski definition) is 1. The fourth-order valence-corrected chi connectivity index (χ4v) is 1.68. The smallest absolute Gasteiger partial charge is 0.387 e. The highest BCUT2D eigenvalue weighted by molar-refractivity contribution is 6.06. The normalized spacial score (nSPS) is 10.7. The van der Waals surface area contributed by atoms with Crippen LogP contribution in [0.4, 0.5) is 14.5 Å². The molecular formula is C13H13F2N3O3. The standard InChI is InChI=1S/C13H13F2N3O3/c1-20-8-18-7-9(6-16-18)17-12(19)10-4-2-3-5-11(10)21-13(14)15/h2-7,13H,8H2,1H3,(H,17,19). The second-order valence-electron chi connectivity index (χ2n) is 4.02. The SMILES string of the molecule is COCn1cc(NC(=O)c2ccccc2OC(F)F)cn1. The van der Waals surface area contributed by atoms with Gasteiger partial charge in [-0.15, -0.1) is 0 Å². The Morgan fingerprint density at radius 2 is 2.19 bits per heavy atom. The van der Waals surface area contributed by atoms with Gasteiger partial charge in [0.15, 0.2) is 0 Å². The molecular weight excluding hydrogens is 284 g/mol. The van der Waals surface area contributed by atoms with E-state index in [9.17, 15) is 13.6 Å². The van der Waals surface area contributed by atoms with E-state index in [1.807, 2.05) is 0 Å². The Kier molecular flexibility index (Phi) is 4.83. The van der Waals surface area contributed by atoms with Gasteiger partial charge in [0.05, 0.1) is 23.6 Å². The Morgan fingerprint density at radius 1 is 1.43 bits per heavy atom. The number of ether oxygens (including phenoxy) is 2. The lowest BCUT2D eigenvalue weighted by molar-refractivity contribution is -0.0501. The highest BCUT2D eigenvalue weighted by atomic mass is 19.3. The second kappa shape index (κ2) is 6.80. The molecule has 2 aromatic rings. The fourth-order valence-electron chi connectivity index (χ4n) is 1.68. The van der Waals surface area contributed by atoms with E-state index in [0.29, 0.717) is 5.69 Å². The molecule has 0 aliphatic rings. The number of halogens is 2. The van der Waals surface area contributed by atoms with Crippen LogP contribution in [0.3, 0.4) is 0 Å². The summed E-state index contributed by atoms with van der Waals surface area (Å²) in [6.07, 6.45) is 2.98. The van der Waals surface area contributed by atoms with Crippen LogP contribution in [0.5, 0.6) is 5.75 Å². The average Bonchev–Trinajstić information content (AvgIpc) is 2.86. The van der Waals surface area contributed by atoms with Gasteiger partial charge < -0.3 is 14.8 Å². The maximum Gasteiger partial charge on any atom is 0.387 e. The first-order valence-corrected chi connectivity index (χ1v) is 5.96. The minimum absolute atomic E-state index is 0.0114. The molecule has 0 aliphatic carbocycles. The number of carbonyl (C=O) groups is 1. The van der Waals surface area contributed by atoms with Gasteiger partial charge in [-0.05, 0) is 12.1 Å². The molecule has 0 saturated heterocycles. The molecule has 6 nitrogen and oxygen atoms in total. The molecule has 0 bridgehead atoms. The number of carbonyl (C=O) groups excluding carboxylic acids is 1. The number of nitrogens with zero attached hydrogens (tertiary/aromatic N) is 2. The van der Waals surface area contributed by atoms with Gasteiger partial charge in [0.1, 0.15) is 12.5 Å². The number of para-hydroxylation sites is 1. The van der Waals surface area contributed by atoms with E-state index in [0.717, 1.165) is 0 Å². The number of anilines is 1. The Morgan fingerprint density at radius 3 is 2.90 bits per heavy atom. The first-order chi connectivity index (χ1) is 10.1. The lowest BCUT2D eigenvalue weighted by atomic mass is 10.2. The third-order valence-corrected chi connectivity index (χ3v) is 2.50. The number of nitrogens with one attached hydrogen (secondary N) is 1. The summed E-state index contributed by atoms with van der Waals surface area (Å²) in [6.45, 7) is -2.76. The van der Waals surface area contributed by atoms with Crippen molar-refractivity contribution < 1.29 is 23.0 Å². The predicted octanol–water partition coefficient (Wildman–Crippen LogP) is 2.34. The molecule has 1 amide bonds. The molecule has 0 aliphatic heterocycles. The van der Waals surface area contributed by atoms with E-state index >= 15 is 0 Å². The molecule has 8 heteroatoms. The predicted molar refractivity (Wildman–Crippen MR) is 70.3 cm³/mol. The monoisotopic (exact) mass is 297 g/mol. The number of methoxy groups -OCH3 is 1. The second-order valence-corrected chi connectivity index (χ2v) is 4.02. The summed E-state index contributed by atoms with van der Waals surface area (Å²) in [6, 6.07) is 5.76. The van der Waals surface area contributed by atoms with Crippen molar-refractivity contribution in [2.24, 2.45) is 0 Å². The fraction of sp³-hybridized carbons (Fsp3) is 0.231. The number of aromatic nitrogens is 2. The summed E-state index contributed by atoms with van der Waals surface area (Å²) in [5, 5.41) is 6.50. The first kappa shape index (κ1) is 14.9.